The minimum atomic E-state index is 0.399. The highest BCUT2D eigenvalue weighted by Gasteiger charge is 1.82. The third kappa shape index (κ3) is 7.88. The van der Waals surface area contributed by atoms with E-state index < -0.39 is 0 Å². The predicted molar refractivity (Wildman–Crippen MR) is 44.6 cm³/mol. The van der Waals surface area contributed by atoms with Crippen LogP contribution in [0.4, 0.5) is 0 Å². The maximum Gasteiger partial charge on any atom is 0.0541 e. The summed E-state index contributed by atoms with van der Waals surface area (Å²) in [4.78, 5) is 4.10. The van der Waals surface area contributed by atoms with Crippen molar-refractivity contribution in [2.24, 2.45) is 4.99 Å². The molecule has 0 heterocycles. The number of hydrogen-bond donors (Lipinski definition) is 0. The molecule has 0 saturated heterocycles. The lowest BCUT2D eigenvalue weighted by Crippen LogP contribution is -1.84. The average Bonchev–Trinajstić information content (AvgIpc) is 1.63. The van der Waals surface area contributed by atoms with Crippen LogP contribution in [0.5, 0.6) is 0 Å². The summed E-state index contributed by atoms with van der Waals surface area (Å²) in [7, 11) is 1.20. The molecule has 1 nitrogen and oxygen atoms in total. The Kier molecular flexibility index (Phi) is 4.67. The molecule has 0 amide bonds. The van der Waals surface area contributed by atoms with Gasteiger partial charge in [0.1, 0.15) is 0 Å². The van der Waals surface area contributed by atoms with Crippen molar-refractivity contribution < 1.29 is 0 Å². The SMILES string of the molecule is CC(C)N=C=PC(C)C. The van der Waals surface area contributed by atoms with Crippen molar-refractivity contribution in [3.05, 3.63) is 0 Å². The van der Waals surface area contributed by atoms with Gasteiger partial charge < -0.3 is 0 Å². The minimum absolute atomic E-state index is 0.399. The first-order valence-corrected chi connectivity index (χ1v) is 4.24. The second-order valence-corrected chi connectivity index (χ2v) is 4.04. The van der Waals surface area contributed by atoms with Gasteiger partial charge in [0.05, 0.1) is 6.04 Å². The van der Waals surface area contributed by atoms with E-state index >= 15 is 0 Å². The molecule has 0 rings (SSSR count). The first-order valence-electron chi connectivity index (χ1n) is 3.27. The van der Waals surface area contributed by atoms with Crippen molar-refractivity contribution in [1.29, 1.82) is 0 Å². The van der Waals surface area contributed by atoms with Crippen molar-refractivity contribution in [3.63, 3.8) is 0 Å². The highest BCUT2D eigenvalue weighted by molar-refractivity contribution is 7.38. The van der Waals surface area contributed by atoms with Gasteiger partial charge in [-0.05, 0) is 22.1 Å². The zero-order chi connectivity index (χ0) is 7.28. The molecule has 0 aliphatic carbocycles. The number of rotatable bonds is 2. The Morgan fingerprint density at radius 3 is 2.11 bits per heavy atom. The molecular formula is C7H14NP. The van der Waals surface area contributed by atoms with Gasteiger partial charge in [-0.25, -0.2) is 4.99 Å². The van der Waals surface area contributed by atoms with E-state index in [4.69, 9.17) is 0 Å². The van der Waals surface area contributed by atoms with Crippen LogP contribution in [0.15, 0.2) is 4.99 Å². The summed E-state index contributed by atoms with van der Waals surface area (Å²) in [5, 5.41) is 0. The summed E-state index contributed by atoms with van der Waals surface area (Å²) >= 11 is 0. The molecule has 0 aliphatic heterocycles. The molecule has 0 spiro atoms. The van der Waals surface area contributed by atoms with Crippen LogP contribution in [0.3, 0.4) is 0 Å². The molecule has 9 heavy (non-hydrogen) atoms. The number of aliphatic imine (C=N–C) groups is 1. The van der Waals surface area contributed by atoms with E-state index in [0.717, 1.165) is 0 Å². The molecule has 0 aliphatic rings. The molecule has 0 N–H and O–H groups in total. The average molecular weight is 143 g/mol. The van der Waals surface area contributed by atoms with Gasteiger partial charge in [0.25, 0.3) is 0 Å². The van der Waals surface area contributed by atoms with Gasteiger partial charge in [0, 0.05) is 11.2 Å². The third-order valence-corrected chi connectivity index (χ3v) is 1.38. The van der Waals surface area contributed by atoms with Crippen LogP contribution in [0.1, 0.15) is 27.7 Å². The van der Waals surface area contributed by atoms with Crippen LogP contribution in [0.2, 0.25) is 0 Å². The van der Waals surface area contributed by atoms with Gasteiger partial charge in [0.15, 0.2) is 0 Å². The molecule has 0 saturated carbocycles. The zero-order valence-corrected chi connectivity index (χ0v) is 7.44. The largest absolute Gasteiger partial charge is 0.236 e. The van der Waals surface area contributed by atoms with Crippen LogP contribution in [0.25, 0.3) is 0 Å². The molecule has 2 heteroatoms. The maximum atomic E-state index is 4.10. The fourth-order valence-electron chi connectivity index (χ4n) is 0.264. The number of nitrogens with zero attached hydrogens (tertiary/aromatic N) is 1. The Labute approximate surface area is 59.0 Å². The van der Waals surface area contributed by atoms with E-state index in [9.17, 15) is 0 Å². The molecule has 0 aromatic carbocycles. The predicted octanol–water partition coefficient (Wildman–Crippen LogP) is 2.65. The summed E-state index contributed by atoms with van der Waals surface area (Å²) in [6, 6.07) is 0.399. The Balaban J connectivity index is 3.67. The lowest BCUT2D eigenvalue weighted by atomic mass is 10.4. The molecule has 0 aromatic rings. The Morgan fingerprint density at radius 2 is 1.78 bits per heavy atom. The fourth-order valence-corrected chi connectivity index (χ4v) is 0.793. The van der Waals surface area contributed by atoms with Gasteiger partial charge >= 0.3 is 0 Å². The minimum Gasteiger partial charge on any atom is -0.236 e. The molecule has 0 fully saturated rings. The summed E-state index contributed by atoms with van der Waals surface area (Å²) in [5.41, 5.74) is 3.64. The normalized spacial score (nSPS) is 10.4. The zero-order valence-electron chi connectivity index (χ0n) is 6.55. The van der Waals surface area contributed by atoms with Gasteiger partial charge in [0.2, 0.25) is 0 Å². The summed E-state index contributed by atoms with van der Waals surface area (Å²) in [6.07, 6.45) is 0. The second-order valence-electron chi connectivity index (χ2n) is 2.55. The lowest BCUT2D eigenvalue weighted by Gasteiger charge is -1.88. The van der Waals surface area contributed by atoms with E-state index in [2.05, 4.69) is 38.3 Å². The Bertz CT molecular complexity index is 109. The molecule has 52 valence electrons. The van der Waals surface area contributed by atoms with Crippen LogP contribution < -0.4 is 0 Å². The lowest BCUT2D eigenvalue weighted by molar-refractivity contribution is 0.844. The van der Waals surface area contributed by atoms with Gasteiger partial charge in [-0.1, -0.05) is 13.8 Å². The number of hydrogen-bond acceptors (Lipinski definition) is 1. The van der Waals surface area contributed by atoms with Crippen molar-refractivity contribution in [1.82, 2.24) is 0 Å². The quantitative estimate of drug-likeness (QED) is 0.416. The van der Waals surface area contributed by atoms with Crippen molar-refractivity contribution in [3.8, 4) is 0 Å². The topological polar surface area (TPSA) is 12.4 Å². The van der Waals surface area contributed by atoms with Crippen molar-refractivity contribution in [2.75, 3.05) is 0 Å². The Morgan fingerprint density at radius 1 is 1.22 bits per heavy atom. The maximum absolute atomic E-state index is 4.10. The van der Waals surface area contributed by atoms with E-state index in [1.165, 1.54) is 8.20 Å². The Hall–Kier alpha value is -0.120. The first kappa shape index (κ1) is 8.88. The van der Waals surface area contributed by atoms with Crippen molar-refractivity contribution in [2.45, 2.75) is 39.4 Å². The van der Waals surface area contributed by atoms with Gasteiger partial charge in [-0.2, -0.15) is 0 Å². The van der Waals surface area contributed by atoms with E-state index in [-0.39, 0.29) is 0 Å². The molecule has 0 aromatic heterocycles. The van der Waals surface area contributed by atoms with Crippen LogP contribution in [-0.4, -0.2) is 17.3 Å². The van der Waals surface area contributed by atoms with E-state index in [1.54, 1.807) is 0 Å². The monoisotopic (exact) mass is 143 g/mol. The molecule has 0 unspecified atom stereocenters. The second kappa shape index (κ2) is 4.73. The molecule has 0 bridgehead atoms. The standard InChI is InChI=1S/C7H14NP/c1-6(2)8-5-9-7(3)4/h6-7H,1-4H3. The molecule has 0 atom stereocenters. The molecular weight excluding hydrogens is 129 g/mol. The van der Waals surface area contributed by atoms with Crippen LogP contribution in [-0.2, 0) is 0 Å². The molecule has 0 radical (unpaired) electrons. The fraction of sp³-hybridized carbons (Fsp3) is 0.857. The van der Waals surface area contributed by atoms with Crippen LogP contribution in [0, 0.1) is 0 Å². The van der Waals surface area contributed by atoms with Crippen LogP contribution >= 0.6 is 8.20 Å². The third-order valence-electron chi connectivity index (χ3n) is 0.632. The summed E-state index contributed by atoms with van der Waals surface area (Å²) < 4.78 is 0. The highest BCUT2D eigenvalue weighted by atomic mass is 31.1. The van der Waals surface area contributed by atoms with E-state index in [1.807, 2.05) is 0 Å². The summed E-state index contributed by atoms with van der Waals surface area (Å²) in [6.45, 7) is 8.43. The van der Waals surface area contributed by atoms with E-state index in [0.29, 0.717) is 11.7 Å². The smallest absolute Gasteiger partial charge is 0.0541 e. The summed E-state index contributed by atoms with van der Waals surface area (Å²) in [5.74, 6) is 0. The highest BCUT2D eigenvalue weighted by Crippen LogP contribution is 2.02. The first-order chi connectivity index (χ1) is 4.13. The van der Waals surface area contributed by atoms with Gasteiger partial charge in [-0.3, -0.25) is 0 Å². The van der Waals surface area contributed by atoms with Gasteiger partial charge in [-0.15, -0.1) is 0 Å². The van der Waals surface area contributed by atoms with Crippen molar-refractivity contribution >= 4 is 13.8 Å².